The Labute approximate surface area is 113 Å². The molecule has 1 fully saturated rings. The van der Waals surface area contributed by atoms with Crippen LogP contribution in [0, 0.1) is 5.92 Å². The van der Waals surface area contributed by atoms with Gasteiger partial charge in [-0.3, -0.25) is 14.4 Å². The van der Waals surface area contributed by atoms with Crippen molar-refractivity contribution in [3.05, 3.63) is 0 Å². The zero-order chi connectivity index (χ0) is 14.6. The van der Waals surface area contributed by atoms with Crippen molar-refractivity contribution in [3.63, 3.8) is 0 Å². The van der Waals surface area contributed by atoms with Gasteiger partial charge in [-0.05, 0) is 25.7 Å². The second-order valence-corrected chi connectivity index (χ2v) is 5.47. The van der Waals surface area contributed by atoms with E-state index in [1.54, 1.807) is 11.8 Å². The lowest BCUT2D eigenvalue weighted by molar-refractivity contribution is -0.139. The minimum Gasteiger partial charge on any atom is -0.368 e. The van der Waals surface area contributed by atoms with Crippen LogP contribution in [0.25, 0.3) is 0 Å². The van der Waals surface area contributed by atoms with Crippen LogP contribution in [0.5, 0.6) is 0 Å². The average Bonchev–Trinajstić information content (AvgIpc) is 2.71. The van der Waals surface area contributed by atoms with Crippen molar-refractivity contribution < 1.29 is 14.4 Å². The molecule has 6 nitrogen and oxygen atoms in total. The molecule has 3 N–H and O–H groups in total. The Bertz CT molecular complexity index is 368. The third-order valence-electron chi connectivity index (χ3n) is 3.27. The number of hydrogen-bond donors (Lipinski definition) is 2. The maximum atomic E-state index is 12.2. The third-order valence-corrected chi connectivity index (χ3v) is 3.27. The lowest BCUT2D eigenvalue weighted by atomic mass is 10.0. The van der Waals surface area contributed by atoms with Crippen molar-refractivity contribution in [3.8, 4) is 0 Å². The summed E-state index contributed by atoms with van der Waals surface area (Å²) in [5.41, 5.74) is 5.13. The summed E-state index contributed by atoms with van der Waals surface area (Å²) in [7, 11) is 0. The van der Waals surface area contributed by atoms with Gasteiger partial charge in [-0.15, -0.1) is 0 Å². The van der Waals surface area contributed by atoms with E-state index in [4.69, 9.17) is 5.73 Å². The van der Waals surface area contributed by atoms with Crippen LogP contribution >= 0.6 is 0 Å². The van der Waals surface area contributed by atoms with Crippen LogP contribution in [0.3, 0.4) is 0 Å². The monoisotopic (exact) mass is 269 g/mol. The van der Waals surface area contributed by atoms with Crippen LogP contribution in [0.2, 0.25) is 0 Å². The van der Waals surface area contributed by atoms with Gasteiger partial charge in [-0.1, -0.05) is 13.8 Å². The van der Waals surface area contributed by atoms with Crippen LogP contribution < -0.4 is 11.1 Å². The fraction of sp³-hybridized carbons (Fsp3) is 0.769. The van der Waals surface area contributed by atoms with E-state index < -0.39 is 18.0 Å². The van der Waals surface area contributed by atoms with E-state index in [-0.39, 0.29) is 17.7 Å². The van der Waals surface area contributed by atoms with Gasteiger partial charge in [0.05, 0.1) is 0 Å². The van der Waals surface area contributed by atoms with Gasteiger partial charge < -0.3 is 16.0 Å². The number of carbonyl (C=O) groups is 3. The second kappa shape index (κ2) is 6.54. The lowest BCUT2D eigenvalue weighted by Crippen LogP contribution is -2.52. The molecule has 0 aliphatic carbocycles. The normalized spacial score (nSPS) is 18.5. The highest BCUT2D eigenvalue weighted by Gasteiger charge is 2.33. The predicted octanol–water partition coefficient (Wildman–Crippen LogP) is 0.0135. The predicted molar refractivity (Wildman–Crippen MR) is 71.0 cm³/mol. The number of nitrogens with zero attached hydrogens (tertiary/aromatic N) is 1. The molecule has 2 atom stereocenters. The maximum absolute atomic E-state index is 12.2. The van der Waals surface area contributed by atoms with Crippen molar-refractivity contribution >= 4 is 17.7 Å². The molecule has 0 aromatic heterocycles. The standard InChI is InChI=1S/C13H23N3O3/c1-8(2)7-10(16-6-4-5-11(16)17)13(19)15-9(3)12(14)18/h8-10H,4-7H2,1-3H3,(H2,14,18)(H,15,19)/t9-,10-/m1/s1. The van der Waals surface area contributed by atoms with Crippen molar-refractivity contribution in [2.45, 2.75) is 52.1 Å². The quantitative estimate of drug-likeness (QED) is 0.711. The molecule has 0 aromatic rings. The molecule has 19 heavy (non-hydrogen) atoms. The van der Waals surface area contributed by atoms with Crippen molar-refractivity contribution in [1.82, 2.24) is 10.2 Å². The number of nitrogens with two attached hydrogens (primary N) is 1. The van der Waals surface area contributed by atoms with Gasteiger partial charge >= 0.3 is 0 Å². The molecule has 0 saturated carbocycles. The van der Waals surface area contributed by atoms with E-state index >= 15 is 0 Å². The van der Waals surface area contributed by atoms with Crippen LogP contribution in [0.1, 0.15) is 40.0 Å². The fourth-order valence-corrected chi connectivity index (χ4v) is 2.20. The minimum atomic E-state index is -0.722. The third kappa shape index (κ3) is 4.22. The molecular formula is C13H23N3O3. The topological polar surface area (TPSA) is 92.5 Å². The van der Waals surface area contributed by atoms with E-state index in [2.05, 4.69) is 5.32 Å². The van der Waals surface area contributed by atoms with Crippen LogP contribution in [-0.4, -0.2) is 41.2 Å². The number of amides is 3. The molecule has 1 saturated heterocycles. The lowest BCUT2D eigenvalue weighted by Gasteiger charge is -2.29. The number of hydrogen-bond acceptors (Lipinski definition) is 3. The first-order chi connectivity index (χ1) is 8.82. The Morgan fingerprint density at radius 3 is 2.42 bits per heavy atom. The minimum absolute atomic E-state index is 0.00697. The Balaban J connectivity index is 2.75. The summed E-state index contributed by atoms with van der Waals surface area (Å²) in [4.78, 5) is 36.6. The molecule has 1 rings (SSSR count). The van der Waals surface area contributed by atoms with Crippen LogP contribution in [0.15, 0.2) is 0 Å². The average molecular weight is 269 g/mol. The largest absolute Gasteiger partial charge is 0.368 e. The second-order valence-electron chi connectivity index (χ2n) is 5.47. The Kier molecular flexibility index (Phi) is 5.32. The number of primary amides is 1. The van der Waals surface area contributed by atoms with Crippen LogP contribution in [-0.2, 0) is 14.4 Å². The van der Waals surface area contributed by atoms with Gasteiger partial charge in [0.1, 0.15) is 12.1 Å². The molecule has 108 valence electrons. The summed E-state index contributed by atoms with van der Waals surface area (Å²) in [5.74, 6) is -0.583. The smallest absolute Gasteiger partial charge is 0.243 e. The first-order valence-corrected chi connectivity index (χ1v) is 6.72. The van der Waals surface area contributed by atoms with E-state index in [9.17, 15) is 14.4 Å². The number of carbonyl (C=O) groups excluding carboxylic acids is 3. The van der Waals surface area contributed by atoms with E-state index in [0.717, 1.165) is 6.42 Å². The van der Waals surface area contributed by atoms with Gasteiger partial charge in [-0.2, -0.15) is 0 Å². The van der Waals surface area contributed by atoms with Gasteiger partial charge in [0.2, 0.25) is 17.7 Å². The molecular weight excluding hydrogens is 246 g/mol. The molecule has 1 aliphatic heterocycles. The van der Waals surface area contributed by atoms with E-state index in [0.29, 0.717) is 19.4 Å². The number of nitrogens with one attached hydrogen (secondary N) is 1. The molecule has 0 unspecified atom stereocenters. The van der Waals surface area contributed by atoms with Crippen LogP contribution in [0.4, 0.5) is 0 Å². The highest BCUT2D eigenvalue weighted by molar-refractivity contribution is 5.91. The van der Waals surface area contributed by atoms with Gasteiger partial charge in [0.15, 0.2) is 0 Å². The molecule has 0 aromatic carbocycles. The summed E-state index contributed by atoms with van der Waals surface area (Å²) in [6.07, 6.45) is 1.86. The fourth-order valence-electron chi connectivity index (χ4n) is 2.20. The highest BCUT2D eigenvalue weighted by Crippen LogP contribution is 2.19. The highest BCUT2D eigenvalue weighted by atomic mass is 16.2. The van der Waals surface area contributed by atoms with Crippen molar-refractivity contribution in [1.29, 1.82) is 0 Å². The molecule has 1 heterocycles. The summed E-state index contributed by atoms with van der Waals surface area (Å²) >= 11 is 0. The zero-order valence-electron chi connectivity index (χ0n) is 11.8. The number of rotatable bonds is 6. The molecule has 0 radical (unpaired) electrons. The molecule has 6 heteroatoms. The number of likely N-dealkylation sites (tertiary alicyclic amines) is 1. The van der Waals surface area contributed by atoms with Gasteiger partial charge in [-0.25, -0.2) is 0 Å². The van der Waals surface area contributed by atoms with E-state index in [1.807, 2.05) is 13.8 Å². The SMILES string of the molecule is CC(C)C[C@H](C(=O)N[C@H](C)C(N)=O)N1CCCC1=O. The van der Waals surface area contributed by atoms with E-state index in [1.165, 1.54) is 0 Å². The van der Waals surface area contributed by atoms with Crippen molar-refractivity contribution in [2.24, 2.45) is 11.7 Å². The molecule has 0 bridgehead atoms. The Hall–Kier alpha value is -1.59. The Morgan fingerprint density at radius 1 is 1.37 bits per heavy atom. The maximum Gasteiger partial charge on any atom is 0.243 e. The molecule has 3 amide bonds. The summed E-state index contributed by atoms with van der Waals surface area (Å²) in [5, 5.41) is 2.57. The first kappa shape index (κ1) is 15.5. The summed E-state index contributed by atoms with van der Waals surface area (Å²) in [6.45, 7) is 6.14. The molecule has 0 spiro atoms. The molecule has 1 aliphatic rings. The zero-order valence-corrected chi connectivity index (χ0v) is 11.8. The summed E-state index contributed by atoms with van der Waals surface area (Å²) < 4.78 is 0. The van der Waals surface area contributed by atoms with Crippen molar-refractivity contribution in [2.75, 3.05) is 6.54 Å². The first-order valence-electron chi connectivity index (χ1n) is 6.72. The Morgan fingerprint density at radius 2 is 2.00 bits per heavy atom. The van der Waals surface area contributed by atoms with Gasteiger partial charge in [0, 0.05) is 13.0 Å². The summed E-state index contributed by atoms with van der Waals surface area (Å²) in [6, 6.07) is -1.23. The van der Waals surface area contributed by atoms with Gasteiger partial charge in [0.25, 0.3) is 0 Å².